The maximum Gasteiger partial charge on any atom is 0.281 e. The molecular formula is C15H25N4O3+. The van der Waals surface area contributed by atoms with Crippen LogP contribution in [0.5, 0.6) is 0 Å². The van der Waals surface area contributed by atoms with Crippen LogP contribution in [0.2, 0.25) is 0 Å². The average Bonchev–Trinajstić information content (AvgIpc) is 3.02. The first-order chi connectivity index (χ1) is 10.2. The molecule has 0 aliphatic heterocycles. The normalized spacial score (nSPS) is 16.2. The fourth-order valence-electron chi connectivity index (χ4n) is 1.99. The average molecular weight is 309 g/mol. The highest BCUT2D eigenvalue weighted by atomic mass is 16.5. The monoisotopic (exact) mass is 309 g/mol. The van der Waals surface area contributed by atoms with Crippen molar-refractivity contribution in [1.29, 1.82) is 0 Å². The van der Waals surface area contributed by atoms with E-state index in [1.54, 1.807) is 6.07 Å². The topological polar surface area (TPSA) is 88.7 Å². The van der Waals surface area contributed by atoms with Gasteiger partial charge in [0.15, 0.2) is 13.1 Å². The van der Waals surface area contributed by atoms with Gasteiger partial charge in [0.25, 0.3) is 11.8 Å². The molecule has 0 aromatic carbocycles. The molecule has 1 aromatic heterocycles. The molecule has 0 radical (unpaired) electrons. The molecule has 1 fully saturated rings. The summed E-state index contributed by atoms with van der Waals surface area (Å²) in [5.41, 5.74) is 0.655. The minimum atomic E-state index is -0.201. The highest BCUT2D eigenvalue weighted by Crippen LogP contribution is 2.23. The SMILES string of the molecule is C[NH+](CC(=O)Nc1cc(C(C)(C)C)no1)CC(=O)NC1CC1. The van der Waals surface area contributed by atoms with Crippen LogP contribution in [-0.2, 0) is 15.0 Å². The largest absolute Gasteiger partial charge is 0.348 e. The van der Waals surface area contributed by atoms with Crippen molar-refractivity contribution in [1.82, 2.24) is 10.5 Å². The van der Waals surface area contributed by atoms with Crippen molar-refractivity contribution in [3.63, 3.8) is 0 Å². The number of quaternary nitrogens is 1. The summed E-state index contributed by atoms with van der Waals surface area (Å²) in [7, 11) is 1.81. The lowest BCUT2D eigenvalue weighted by atomic mass is 9.92. The number of rotatable bonds is 6. The third-order valence-electron chi connectivity index (χ3n) is 3.41. The highest BCUT2D eigenvalue weighted by Gasteiger charge is 2.25. The molecule has 7 heteroatoms. The van der Waals surface area contributed by atoms with Crippen LogP contribution >= 0.6 is 0 Å². The van der Waals surface area contributed by atoms with E-state index in [1.165, 1.54) is 0 Å². The van der Waals surface area contributed by atoms with Crippen molar-refractivity contribution in [3.05, 3.63) is 11.8 Å². The lowest BCUT2D eigenvalue weighted by Gasteiger charge is -2.13. The van der Waals surface area contributed by atoms with Gasteiger partial charge in [0.1, 0.15) is 0 Å². The number of likely N-dealkylation sites (N-methyl/N-ethyl adjacent to an activating group) is 1. The van der Waals surface area contributed by atoms with Crippen LogP contribution in [0, 0.1) is 0 Å². The summed E-state index contributed by atoms with van der Waals surface area (Å²) >= 11 is 0. The van der Waals surface area contributed by atoms with Gasteiger partial charge in [-0.15, -0.1) is 0 Å². The molecule has 1 atom stereocenters. The van der Waals surface area contributed by atoms with Crippen molar-refractivity contribution in [3.8, 4) is 0 Å². The molecule has 0 spiro atoms. The van der Waals surface area contributed by atoms with Crippen LogP contribution in [0.4, 0.5) is 5.88 Å². The minimum Gasteiger partial charge on any atom is -0.348 e. The van der Waals surface area contributed by atoms with Gasteiger partial charge in [-0.05, 0) is 12.8 Å². The van der Waals surface area contributed by atoms with Gasteiger partial charge in [-0.3, -0.25) is 14.9 Å². The lowest BCUT2D eigenvalue weighted by molar-refractivity contribution is -0.862. The van der Waals surface area contributed by atoms with E-state index in [-0.39, 0.29) is 30.3 Å². The molecule has 1 unspecified atom stereocenters. The number of carbonyl (C=O) groups is 2. The molecule has 1 aliphatic rings. The second-order valence-corrected chi connectivity index (χ2v) is 7.03. The molecule has 0 saturated heterocycles. The first-order valence-corrected chi connectivity index (χ1v) is 7.62. The number of hydrogen-bond acceptors (Lipinski definition) is 4. The van der Waals surface area contributed by atoms with Crippen LogP contribution in [0.1, 0.15) is 39.3 Å². The predicted molar refractivity (Wildman–Crippen MR) is 81.6 cm³/mol. The Labute approximate surface area is 130 Å². The van der Waals surface area contributed by atoms with Gasteiger partial charge < -0.3 is 14.7 Å². The Morgan fingerprint density at radius 1 is 1.32 bits per heavy atom. The summed E-state index contributed by atoms with van der Waals surface area (Å²) in [4.78, 5) is 24.4. The molecule has 122 valence electrons. The molecule has 3 N–H and O–H groups in total. The van der Waals surface area contributed by atoms with Crippen molar-refractivity contribution in [2.24, 2.45) is 0 Å². The molecular weight excluding hydrogens is 284 g/mol. The van der Waals surface area contributed by atoms with Gasteiger partial charge in [0.2, 0.25) is 5.88 Å². The summed E-state index contributed by atoms with van der Waals surface area (Å²) in [6.45, 7) is 6.55. The zero-order chi connectivity index (χ0) is 16.3. The van der Waals surface area contributed by atoms with Gasteiger partial charge in [-0.1, -0.05) is 25.9 Å². The Morgan fingerprint density at radius 3 is 2.50 bits per heavy atom. The number of anilines is 1. The molecule has 1 aliphatic carbocycles. The zero-order valence-electron chi connectivity index (χ0n) is 13.7. The third kappa shape index (κ3) is 5.14. The molecule has 2 amide bonds. The maximum atomic E-state index is 11.9. The molecule has 2 rings (SSSR count). The van der Waals surface area contributed by atoms with Crippen molar-refractivity contribution < 1.29 is 19.0 Å². The Kier molecular flexibility index (Phi) is 4.85. The van der Waals surface area contributed by atoms with E-state index >= 15 is 0 Å². The Balaban J connectivity index is 1.76. The molecule has 1 saturated carbocycles. The lowest BCUT2D eigenvalue weighted by Crippen LogP contribution is -3.11. The van der Waals surface area contributed by atoms with Gasteiger partial charge >= 0.3 is 0 Å². The second-order valence-electron chi connectivity index (χ2n) is 7.03. The van der Waals surface area contributed by atoms with Crippen LogP contribution in [0.15, 0.2) is 10.6 Å². The van der Waals surface area contributed by atoms with Gasteiger partial charge in [0, 0.05) is 17.5 Å². The Morgan fingerprint density at radius 2 is 1.95 bits per heavy atom. The molecule has 1 aromatic rings. The van der Waals surface area contributed by atoms with Crippen LogP contribution in [-0.4, -0.2) is 43.2 Å². The van der Waals surface area contributed by atoms with Gasteiger partial charge in [-0.25, -0.2) is 0 Å². The number of nitrogens with one attached hydrogen (secondary N) is 3. The molecule has 7 nitrogen and oxygen atoms in total. The number of hydrogen-bond donors (Lipinski definition) is 3. The fourth-order valence-corrected chi connectivity index (χ4v) is 1.99. The van der Waals surface area contributed by atoms with E-state index in [1.807, 2.05) is 27.8 Å². The van der Waals surface area contributed by atoms with E-state index in [4.69, 9.17) is 4.52 Å². The molecule has 0 bridgehead atoms. The van der Waals surface area contributed by atoms with Gasteiger partial charge in [0.05, 0.1) is 12.7 Å². The van der Waals surface area contributed by atoms with E-state index in [9.17, 15) is 9.59 Å². The van der Waals surface area contributed by atoms with E-state index in [2.05, 4.69) is 15.8 Å². The van der Waals surface area contributed by atoms with Crippen LogP contribution in [0.3, 0.4) is 0 Å². The van der Waals surface area contributed by atoms with E-state index in [0.717, 1.165) is 23.4 Å². The molecule has 1 heterocycles. The zero-order valence-corrected chi connectivity index (χ0v) is 13.7. The summed E-state index contributed by atoms with van der Waals surface area (Å²) < 4.78 is 5.11. The maximum absolute atomic E-state index is 11.9. The van der Waals surface area contributed by atoms with Crippen molar-refractivity contribution in [2.75, 3.05) is 25.5 Å². The first-order valence-electron chi connectivity index (χ1n) is 7.62. The summed E-state index contributed by atoms with van der Waals surface area (Å²) in [6, 6.07) is 2.08. The Hall–Kier alpha value is -1.89. The van der Waals surface area contributed by atoms with Crippen molar-refractivity contribution >= 4 is 17.7 Å². The summed E-state index contributed by atoms with van der Waals surface area (Å²) in [5.74, 6) is 0.126. The standard InChI is InChI=1S/C15H24N4O3/c1-15(2,3)11-7-14(22-18-11)17-13(21)9-19(4)8-12(20)16-10-5-6-10/h7,10H,5-6,8-9H2,1-4H3,(H,16,20)(H,17,21)/p+1. The quantitative estimate of drug-likeness (QED) is 0.673. The van der Waals surface area contributed by atoms with Crippen LogP contribution < -0.4 is 15.5 Å². The predicted octanol–water partition coefficient (Wildman–Crippen LogP) is -0.296. The van der Waals surface area contributed by atoms with Crippen molar-refractivity contribution in [2.45, 2.75) is 45.1 Å². The summed E-state index contributed by atoms with van der Waals surface area (Å²) in [6.07, 6.45) is 2.12. The molecule has 22 heavy (non-hydrogen) atoms. The van der Waals surface area contributed by atoms with E-state index in [0.29, 0.717) is 11.9 Å². The number of nitrogens with zero attached hydrogens (tertiary/aromatic N) is 1. The third-order valence-corrected chi connectivity index (χ3v) is 3.41. The van der Waals surface area contributed by atoms with E-state index < -0.39 is 0 Å². The number of carbonyl (C=O) groups excluding carboxylic acids is 2. The second kappa shape index (κ2) is 6.48. The minimum absolute atomic E-state index is 0.0116. The first kappa shape index (κ1) is 16.5. The van der Waals surface area contributed by atoms with Crippen LogP contribution in [0.25, 0.3) is 0 Å². The highest BCUT2D eigenvalue weighted by molar-refractivity contribution is 5.90. The number of aromatic nitrogens is 1. The number of amides is 2. The smallest absolute Gasteiger partial charge is 0.281 e. The Bertz CT molecular complexity index is 543. The summed E-state index contributed by atoms with van der Waals surface area (Å²) in [5, 5.41) is 9.53. The van der Waals surface area contributed by atoms with Gasteiger partial charge in [-0.2, -0.15) is 0 Å². The fraction of sp³-hybridized carbons (Fsp3) is 0.667.